The molecule has 2 N–H and O–H groups in total. The van der Waals surface area contributed by atoms with E-state index in [9.17, 15) is 4.79 Å². The first kappa shape index (κ1) is 20.7. The SMILES string of the molecule is NC(=O)c1ccccc1N1CCN(CC[C@@H]2OCCc3cc(-c4ncno4)ccc32)CC1. The van der Waals surface area contributed by atoms with Crippen LogP contribution in [0.25, 0.3) is 11.5 Å². The van der Waals surface area contributed by atoms with Crippen LogP contribution in [0.1, 0.15) is 34.0 Å². The number of nitrogens with two attached hydrogens (primary N) is 1. The van der Waals surface area contributed by atoms with E-state index >= 15 is 0 Å². The fourth-order valence-electron chi connectivity index (χ4n) is 4.68. The summed E-state index contributed by atoms with van der Waals surface area (Å²) >= 11 is 0. The van der Waals surface area contributed by atoms with Crippen molar-refractivity contribution in [1.82, 2.24) is 15.0 Å². The Hall–Kier alpha value is -3.23. The summed E-state index contributed by atoms with van der Waals surface area (Å²) in [5.74, 6) is 0.171. The second-order valence-corrected chi connectivity index (χ2v) is 8.27. The van der Waals surface area contributed by atoms with Crippen molar-refractivity contribution in [3.8, 4) is 11.5 Å². The van der Waals surface area contributed by atoms with Crippen molar-refractivity contribution in [3.05, 3.63) is 65.5 Å². The van der Waals surface area contributed by atoms with Gasteiger partial charge in [0.1, 0.15) is 0 Å². The molecule has 2 aliphatic heterocycles. The van der Waals surface area contributed by atoms with Crippen LogP contribution in [0.3, 0.4) is 0 Å². The minimum atomic E-state index is -0.376. The molecule has 5 rings (SSSR count). The van der Waals surface area contributed by atoms with Gasteiger partial charge in [-0.15, -0.1) is 0 Å². The monoisotopic (exact) mass is 433 g/mol. The Labute approximate surface area is 187 Å². The smallest absolute Gasteiger partial charge is 0.257 e. The van der Waals surface area contributed by atoms with Gasteiger partial charge in [0.05, 0.1) is 18.3 Å². The number of nitrogens with zero attached hydrogens (tertiary/aromatic N) is 4. The number of carbonyl (C=O) groups excluding carboxylic acids is 1. The highest BCUT2D eigenvalue weighted by atomic mass is 16.5. The molecule has 2 aromatic carbocycles. The Morgan fingerprint density at radius 3 is 2.75 bits per heavy atom. The van der Waals surface area contributed by atoms with Crippen LogP contribution < -0.4 is 10.6 Å². The number of aromatic nitrogens is 2. The third kappa shape index (κ3) is 4.24. The lowest BCUT2D eigenvalue weighted by atomic mass is 9.93. The first-order valence-corrected chi connectivity index (χ1v) is 11.1. The zero-order valence-electron chi connectivity index (χ0n) is 17.9. The van der Waals surface area contributed by atoms with Crippen molar-refractivity contribution in [3.63, 3.8) is 0 Å². The van der Waals surface area contributed by atoms with Gasteiger partial charge in [-0.05, 0) is 48.2 Å². The largest absolute Gasteiger partial charge is 0.373 e. The number of piperazine rings is 1. The van der Waals surface area contributed by atoms with E-state index in [0.29, 0.717) is 11.5 Å². The molecule has 0 bridgehead atoms. The standard InChI is InChI=1S/C24H27N5O3/c25-23(30)20-3-1-2-4-21(20)29-12-10-28(11-13-29)9-7-22-19-6-5-18(24-26-16-27-32-24)15-17(19)8-14-31-22/h1-6,15-16,22H,7-14H2,(H2,25,30)/t22-/m0/s1. The van der Waals surface area contributed by atoms with Crippen molar-refractivity contribution in [1.29, 1.82) is 0 Å². The van der Waals surface area contributed by atoms with Crippen LogP contribution in [0.2, 0.25) is 0 Å². The number of benzene rings is 2. The molecule has 166 valence electrons. The Balaban J connectivity index is 1.19. The fraction of sp³-hybridized carbons (Fsp3) is 0.375. The zero-order chi connectivity index (χ0) is 21.9. The molecule has 0 aliphatic carbocycles. The summed E-state index contributed by atoms with van der Waals surface area (Å²) in [5.41, 5.74) is 10.6. The number of hydrogen-bond acceptors (Lipinski definition) is 7. The van der Waals surface area contributed by atoms with Gasteiger partial charge in [-0.2, -0.15) is 4.98 Å². The Morgan fingerprint density at radius 2 is 1.97 bits per heavy atom. The van der Waals surface area contributed by atoms with Crippen LogP contribution in [0.4, 0.5) is 5.69 Å². The number of primary amides is 1. The quantitative estimate of drug-likeness (QED) is 0.638. The van der Waals surface area contributed by atoms with E-state index < -0.39 is 0 Å². The van der Waals surface area contributed by atoms with Crippen LogP contribution >= 0.6 is 0 Å². The van der Waals surface area contributed by atoms with E-state index in [1.54, 1.807) is 6.07 Å². The van der Waals surface area contributed by atoms with E-state index in [0.717, 1.165) is 63.4 Å². The van der Waals surface area contributed by atoms with Gasteiger partial charge < -0.3 is 19.9 Å². The molecule has 1 fully saturated rings. The summed E-state index contributed by atoms with van der Waals surface area (Å²) in [7, 11) is 0. The predicted molar refractivity (Wildman–Crippen MR) is 120 cm³/mol. The number of para-hydroxylation sites is 1. The molecule has 0 unspecified atom stereocenters. The second-order valence-electron chi connectivity index (χ2n) is 8.27. The lowest BCUT2D eigenvalue weighted by Crippen LogP contribution is -2.47. The van der Waals surface area contributed by atoms with Crippen molar-refractivity contribution in [2.45, 2.75) is 18.9 Å². The van der Waals surface area contributed by atoms with Gasteiger partial charge in [0.15, 0.2) is 6.33 Å². The van der Waals surface area contributed by atoms with E-state index in [-0.39, 0.29) is 12.0 Å². The third-order valence-corrected chi connectivity index (χ3v) is 6.38. The maximum absolute atomic E-state index is 11.8. The average Bonchev–Trinajstić information content (AvgIpc) is 3.38. The molecule has 2 aliphatic rings. The summed E-state index contributed by atoms with van der Waals surface area (Å²) in [5, 5.41) is 3.70. The van der Waals surface area contributed by atoms with Crippen LogP contribution in [0.15, 0.2) is 53.3 Å². The summed E-state index contributed by atoms with van der Waals surface area (Å²) in [6.45, 7) is 5.34. The van der Waals surface area contributed by atoms with E-state index in [1.165, 1.54) is 17.5 Å². The zero-order valence-corrected chi connectivity index (χ0v) is 17.9. The van der Waals surface area contributed by atoms with Crippen molar-refractivity contribution >= 4 is 11.6 Å². The lowest BCUT2D eigenvalue weighted by Gasteiger charge is -2.37. The molecule has 1 saturated heterocycles. The highest BCUT2D eigenvalue weighted by Crippen LogP contribution is 2.33. The number of hydrogen-bond donors (Lipinski definition) is 1. The molecule has 0 saturated carbocycles. The first-order valence-electron chi connectivity index (χ1n) is 11.1. The molecule has 32 heavy (non-hydrogen) atoms. The minimum absolute atomic E-state index is 0.101. The molecule has 1 aromatic heterocycles. The van der Waals surface area contributed by atoms with Crippen LogP contribution in [-0.2, 0) is 11.2 Å². The number of anilines is 1. The van der Waals surface area contributed by atoms with Gasteiger partial charge in [0.2, 0.25) is 0 Å². The summed E-state index contributed by atoms with van der Waals surface area (Å²) in [6.07, 6.45) is 3.37. The average molecular weight is 434 g/mol. The normalized spacial score (nSPS) is 19.0. The van der Waals surface area contributed by atoms with Gasteiger partial charge in [0, 0.05) is 44.0 Å². The lowest BCUT2D eigenvalue weighted by molar-refractivity contribution is 0.0289. The number of ether oxygens (including phenoxy) is 1. The van der Waals surface area contributed by atoms with E-state index in [4.69, 9.17) is 15.0 Å². The molecule has 0 spiro atoms. The van der Waals surface area contributed by atoms with Gasteiger partial charge in [0.25, 0.3) is 11.8 Å². The Kier molecular flexibility index (Phi) is 5.87. The fourth-order valence-corrected chi connectivity index (χ4v) is 4.68. The van der Waals surface area contributed by atoms with Gasteiger partial charge in [-0.3, -0.25) is 9.69 Å². The maximum Gasteiger partial charge on any atom is 0.257 e. The number of rotatable bonds is 6. The molecular weight excluding hydrogens is 406 g/mol. The maximum atomic E-state index is 11.8. The van der Waals surface area contributed by atoms with E-state index in [1.807, 2.05) is 24.3 Å². The molecule has 0 radical (unpaired) electrons. The molecule has 3 heterocycles. The number of amides is 1. The number of fused-ring (bicyclic) bond motifs is 1. The van der Waals surface area contributed by atoms with Crippen LogP contribution in [0, 0.1) is 0 Å². The molecule has 1 atom stereocenters. The highest BCUT2D eigenvalue weighted by molar-refractivity contribution is 5.98. The summed E-state index contributed by atoms with van der Waals surface area (Å²) in [6, 6.07) is 13.9. The summed E-state index contributed by atoms with van der Waals surface area (Å²) < 4.78 is 11.3. The van der Waals surface area contributed by atoms with Gasteiger partial charge in [-0.25, -0.2) is 0 Å². The van der Waals surface area contributed by atoms with Crippen LogP contribution in [-0.4, -0.2) is 60.3 Å². The minimum Gasteiger partial charge on any atom is -0.373 e. The topological polar surface area (TPSA) is 97.7 Å². The molecular formula is C24H27N5O3. The van der Waals surface area contributed by atoms with Crippen LogP contribution in [0.5, 0.6) is 0 Å². The summed E-state index contributed by atoms with van der Waals surface area (Å²) in [4.78, 5) is 20.6. The molecule has 3 aromatic rings. The molecule has 1 amide bonds. The third-order valence-electron chi connectivity index (χ3n) is 6.38. The molecule has 8 nitrogen and oxygen atoms in total. The van der Waals surface area contributed by atoms with Gasteiger partial charge >= 0.3 is 0 Å². The van der Waals surface area contributed by atoms with Crippen molar-refractivity contribution in [2.75, 3.05) is 44.2 Å². The van der Waals surface area contributed by atoms with E-state index in [2.05, 4.69) is 32.1 Å². The van der Waals surface area contributed by atoms with Crippen molar-refractivity contribution in [2.24, 2.45) is 5.73 Å². The number of carbonyl (C=O) groups is 1. The second kappa shape index (κ2) is 9.10. The predicted octanol–water partition coefficient (Wildman–Crippen LogP) is 2.66. The Bertz CT molecular complexity index is 1080. The molecule has 8 heteroatoms. The van der Waals surface area contributed by atoms with Gasteiger partial charge in [-0.1, -0.05) is 23.4 Å². The highest BCUT2D eigenvalue weighted by Gasteiger charge is 2.25. The first-order chi connectivity index (χ1) is 15.7. The Morgan fingerprint density at radius 1 is 1.12 bits per heavy atom. The van der Waals surface area contributed by atoms with Crippen molar-refractivity contribution < 1.29 is 14.1 Å².